The van der Waals surface area contributed by atoms with Gasteiger partial charge in [0.05, 0.1) is 13.7 Å². The van der Waals surface area contributed by atoms with Crippen molar-refractivity contribution in [2.45, 2.75) is 6.54 Å². The lowest BCUT2D eigenvalue weighted by atomic mass is 10.2. The van der Waals surface area contributed by atoms with E-state index in [9.17, 15) is 0 Å². The highest BCUT2D eigenvalue weighted by Gasteiger charge is 2.03. The van der Waals surface area contributed by atoms with Gasteiger partial charge in [-0.3, -0.25) is 0 Å². The number of benzene rings is 1. The number of nitrogen functional groups attached to an aromatic ring is 1. The van der Waals surface area contributed by atoms with E-state index >= 15 is 0 Å². The van der Waals surface area contributed by atoms with Crippen molar-refractivity contribution in [1.82, 2.24) is 4.57 Å². The van der Waals surface area contributed by atoms with Crippen LogP contribution in [-0.2, 0) is 6.54 Å². The minimum absolute atomic E-state index is 0.762. The third kappa shape index (κ3) is 2.13. The molecule has 1 aromatic carbocycles. The summed E-state index contributed by atoms with van der Waals surface area (Å²) in [6.45, 7) is 0.779. The van der Waals surface area contributed by atoms with E-state index in [1.165, 1.54) is 0 Å². The molecule has 0 aliphatic heterocycles. The van der Waals surface area contributed by atoms with Crippen LogP contribution in [0, 0.1) is 0 Å². The number of anilines is 1. The molecule has 0 saturated heterocycles. The summed E-state index contributed by atoms with van der Waals surface area (Å²) in [5.41, 5.74) is 7.60. The summed E-state index contributed by atoms with van der Waals surface area (Å²) in [5, 5.41) is 0. The Hall–Kier alpha value is -1.90. The van der Waals surface area contributed by atoms with Gasteiger partial charge >= 0.3 is 0 Å². The number of hydrogen-bond donors (Lipinski definition) is 1. The third-order valence-corrected chi connectivity index (χ3v) is 2.32. The molecule has 1 aromatic heterocycles. The first-order chi connectivity index (χ1) is 7.29. The molecule has 0 bridgehead atoms. The first-order valence-electron chi connectivity index (χ1n) is 4.83. The van der Waals surface area contributed by atoms with Crippen LogP contribution in [0.4, 0.5) is 5.69 Å². The van der Waals surface area contributed by atoms with Gasteiger partial charge in [-0.15, -0.1) is 0 Å². The smallest absolute Gasteiger partial charge is 0.124 e. The van der Waals surface area contributed by atoms with Crippen LogP contribution < -0.4 is 10.5 Å². The number of hydrogen-bond acceptors (Lipinski definition) is 2. The lowest BCUT2D eigenvalue weighted by molar-refractivity contribution is 0.408. The van der Waals surface area contributed by atoms with E-state index in [-0.39, 0.29) is 0 Å². The van der Waals surface area contributed by atoms with E-state index in [4.69, 9.17) is 10.5 Å². The number of ether oxygens (including phenoxy) is 1. The fourth-order valence-electron chi connectivity index (χ4n) is 1.59. The molecule has 0 amide bonds. The maximum Gasteiger partial charge on any atom is 0.124 e. The Balaban J connectivity index is 2.30. The standard InChI is InChI=1S/C12H14N2O/c1-15-12-5-4-11(13)8-10(12)9-14-6-2-3-7-14/h2-8H,9,13H2,1H3. The Bertz CT molecular complexity index is 435. The van der Waals surface area contributed by atoms with E-state index in [1.807, 2.05) is 42.7 Å². The van der Waals surface area contributed by atoms with Crippen LogP contribution in [0.5, 0.6) is 5.75 Å². The maximum atomic E-state index is 5.75. The largest absolute Gasteiger partial charge is 0.496 e. The van der Waals surface area contributed by atoms with Crippen molar-refractivity contribution in [1.29, 1.82) is 0 Å². The second-order valence-corrected chi connectivity index (χ2v) is 3.43. The predicted molar refractivity (Wildman–Crippen MR) is 60.9 cm³/mol. The highest BCUT2D eigenvalue weighted by atomic mass is 16.5. The molecule has 0 aliphatic carbocycles. The SMILES string of the molecule is COc1ccc(N)cc1Cn1cccc1. The fraction of sp³-hybridized carbons (Fsp3) is 0.167. The summed E-state index contributed by atoms with van der Waals surface area (Å²) in [7, 11) is 1.67. The predicted octanol–water partition coefficient (Wildman–Crippen LogP) is 2.13. The minimum Gasteiger partial charge on any atom is -0.496 e. The monoisotopic (exact) mass is 202 g/mol. The Morgan fingerprint density at radius 2 is 2.00 bits per heavy atom. The third-order valence-electron chi connectivity index (χ3n) is 2.32. The molecule has 2 rings (SSSR count). The number of methoxy groups -OCH3 is 1. The van der Waals surface area contributed by atoms with Gasteiger partial charge in [0.15, 0.2) is 0 Å². The van der Waals surface area contributed by atoms with E-state index in [0.717, 1.165) is 23.5 Å². The second kappa shape index (κ2) is 4.09. The summed E-state index contributed by atoms with van der Waals surface area (Å²) in [6, 6.07) is 9.68. The lowest BCUT2D eigenvalue weighted by Crippen LogP contribution is -2.00. The van der Waals surface area contributed by atoms with Gasteiger partial charge in [-0.1, -0.05) is 0 Å². The number of nitrogens with two attached hydrogens (primary N) is 1. The first kappa shape index (κ1) is 9.65. The molecule has 0 fully saturated rings. The molecule has 2 aromatic rings. The molecule has 0 saturated carbocycles. The van der Waals surface area contributed by atoms with Crippen LogP contribution in [-0.4, -0.2) is 11.7 Å². The molecular formula is C12H14N2O. The van der Waals surface area contributed by atoms with Gasteiger partial charge in [-0.25, -0.2) is 0 Å². The van der Waals surface area contributed by atoms with Crippen molar-refractivity contribution in [3.05, 3.63) is 48.3 Å². The van der Waals surface area contributed by atoms with Crippen LogP contribution in [0.25, 0.3) is 0 Å². The highest BCUT2D eigenvalue weighted by Crippen LogP contribution is 2.21. The van der Waals surface area contributed by atoms with Crippen molar-refractivity contribution in [3.8, 4) is 5.75 Å². The number of rotatable bonds is 3. The topological polar surface area (TPSA) is 40.2 Å². The second-order valence-electron chi connectivity index (χ2n) is 3.43. The molecular weight excluding hydrogens is 188 g/mol. The van der Waals surface area contributed by atoms with E-state index in [0.29, 0.717) is 0 Å². The summed E-state index contributed by atoms with van der Waals surface area (Å²) in [4.78, 5) is 0. The van der Waals surface area contributed by atoms with Crippen LogP contribution in [0.15, 0.2) is 42.7 Å². The molecule has 0 radical (unpaired) electrons. The zero-order valence-corrected chi connectivity index (χ0v) is 8.68. The Kier molecular flexibility index (Phi) is 2.63. The molecule has 78 valence electrons. The van der Waals surface area contributed by atoms with E-state index in [2.05, 4.69) is 4.57 Å². The van der Waals surface area contributed by atoms with Gasteiger partial charge in [0.2, 0.25) is 0 Å². The van der Waals surface area contributed by atoms with Crippen LogP contribution >= 0.6 is 0 Å². The van der Waals surface area contributed by atoms with Gasteiger partial charge in [-0.05, 0) is 30.3 Å². The van der Waals surface area contributed by atoms with Gasteiger partial charge in [0.1, 0.15) is 5.75 Å². The maximum absolute atomic E-state index is 5.75. The van der Waals surface area contributed by atoms with E-state index < -0.39 is 0 Å². The summed E-state index contributed by atoms with van der Waals surface area (Å²) in [5.74, 6) is 0.873. The molecule has 3 heteroatoms. The number of nitrogens with zero attached hydrogens (tertiary/aromatic N) is 1. The Morgan fingerprint density at radius 1 is 1.27 bits per heavy atom. The molecule has 0 aliphatic rings. The van der Waals surface area contributed by atoms with E-state index in [1.54, 1.807) is 7.11 Å². The average Bonchev–Trinajstić information content (AvgIpc) is 2.71. The Labute approximate surface area is 89.1 Å². The first-order valence-corrected chi connectivity index (χ1v) is 4.83. The molecule has 3 nitrogen and oxygen atoms in total. The normalized spacial score (nSPS) is 10.2. The molecule has 0 atom stereocenters. The molecule has 0 spiro atoms. The average molecular weight is 202 g/mol. The summed E-state index contributed by atoms with van der Waals surface area (Å²) in [6.07, 6.45) is 4.03. The minimum atomic E-state index is 0.762. The molecule has 2 N–H and O–H groups in total. The lowest BCUT2D eigenvalue weighted by Gasteiger charge is -2.10. The molecule has 1 heterocycles. The highest BCUT2D eigenvalue weighted by molar-refractivity contribution is 5.47. The quantitative estimate of drug-likeness (QED) is 0.774. The molecule has 15 heavy (non-hydrogen) atoms. The zero-order valence-electron chi connectivity index (χ0n) is 8.68. The van der Waals surface area contributed by atoms with Gasteiger partial charge in [-0.2, -0.15) is 0 Å². The van der Waals surface area contributed by atoms with Crippen molar-refractivity contribution in [3.63, 3.8) is 0 Å². The van der Waals surface area contributed by atoms with Gasteiger partial charge in [0.25, 0.3) is 0 Å². The van der Waals surface area contributed by atoms with Gasteiger partial charge in [0, 0.05) is 23.6 Å². The molecule has 0 unspecified atom stereocenters. The van der Waals surface area contributed by atoms with Crippen LogP contribution in [0.1, 0.15) is 5.56 Å². The van der Waals surface area contributed by atoms with Crippen molar-refractivity contribution < 1.29 is 4.74 Å². The summed E-state index contributed by atoms with van der Waals surface area (Å²) >= 11 is 0. The van der Waals surface area contributed by atoms with Crippen molar-refractivity contribution in [2.75, 3.05) is 12.8 Å². The van der Waals surface area contributed by atoms with Crippen LogP contribution in [0.3, 0.4) is 0 Å². The van der Waals surface area contributed by atoms with Crippen molar-refractivity contribution >= 4 is 5.69 Å². The number of aromatic nitrogens is 1. The van der Waals surface area contributed by atoms with Gasteiger partial charge < -0.3 is 15.0 Å². The zero-order chi connectivity index (χ0) is 10.7. The van der Waals surface area contributed by atoms with Crippen LogP contribution in [0.2, 0.25) is 0 Å². The fourth-order valence-corrected chi connectivity index (χ4v) is 1.59. The summed E-state index contributed by atoms with van der Waals surface area (Å²) < 4.78 is 7.36. The van der Waals surface area contributed by atoms with Crippen molar-refractivity contribution in [2.24, 2.45) is 0 Å². The Morgan fingerprint density at radius 3 is 2.67 bits per heavy atom.